The molecule has 0 saturated carbocycles. The molecule has 19 heavy (non-hydrogen) atoms. The number of methoxy groups -OCH3 is 1. The third kappa shape index (κ3) is 3.03. The van der Waals surface area contributed by atoms with Crippen LogP contribution in [0.2, 0.25) is 0 Å². The summed E-state index contributed by atoms with van der Waals surface area (Å²) in [6, 6.07) is 6.51. The Labute approximate surface area is 116 Å². The van der Waals surface area contributed by atoms with Gasteiger partial charge in [-0.3, -0.25) is 0 Å². The fraction of sp³-hybridized carbons (Fsp3) is 0.625. The van der Waals surface area contributed by atoms with Crippen molar-refractivity contribution in [1.29, 1.82) is 0 Å². The molecule has 2 rings (SSSR count). The Balaban J connectivity index is 2.34. The Morgan fingerprint density at radius 3 is 2.84 bits per heavy atom. The maximum absolute atomic E-state index is 6.26. The van der Waals surface area contributed by atoms with Crippen molar-refractivity contribution in [1.82, 2.24) is 5.32 Å². The van der Waals surface area contributed by atoms with Crippen molar-refractivity contribution < 1.29 is 9.47 Å². The molecule has 1 aliphatic rings. The first-order valence-electron chi connectivity index (χ1n) is 7.22. The topological polar surface area (TPSA) is 30.5 Å². The molecule has 106 valence electrons. The Morgan fingerprint density at radius 1 is 1.42 bits per heavy atom. The molecule has 0 aromatic heterocycles. The summed E-state index contributed by atoms with van der Waals surface area (Å²) in [4.78, 5) is 0. The van der Waals surface area contributed by atoms with Gasteiger partial charge in [-0.1, -0.05) is 26.3 Å². The number of hydrogen-bond acceptors (Lipinski definition) is 3. The molecule has 0 amide bonds. The molecule has 1 N–H and O–H groups in total. The highest BCUT2D eigenvalue weighted by atomic mass is 16.5. The van der Waals surface area contributed by atoms with Crippen LogP contribution in [-0.4, -0.2) is 19.3 Å². The van der Waals surface area contributed by atoms with Crippen molar-refractivity contribution in [3.63, 3.8) is 0 Å². The second kappa shape index (κ2) is 5.83. The van der Waals surface area contributed by atoms with Crippen molar-refractivity contribution in [3.05, 3.63) is 23.8 Å². The van der Waals surface area contributed by atoms with Crippen LogP contribution in [0.5, 0.6) is 11.5 Å². The van der Waals surface area contributed by atoms with Gasteiger partial charge in [0.05, 0.1) is 7.11 Å². The van der Waals surface area contributed by atoms with Crippen LogP contribution in [-0.2, 0) is 0 Å². The fourth-order valence-electron chi connectivity index (χ4n) is 2.98. The first-order valence-corrected chi connectivity index (χ1v) is 7.22. The van der Waals surface area contributed by atoms with E-state index >= 15 is 0 Å². The van der Waals surface area contributed by atoms with Crippen LogP contribution in [0.1, 0.15) is 51.6 Å². The number of hydrogen-bond donors (Lipinski definition) is 1. The first kappa shape index (κ1) is 14.2. The number of rotatable bonds is 5. The van der Waals surface area contributed by atoms with Crippen molar-refractivity contribution in [2.45, 2.75) is 51.7 Å². The quantitative estimate of drug-likeness (QED) is 0.879. The second-order valence-electron chi connectivity index (χ2n) is 5.52. The maximum Gasteiger partial charge on any atom is 0.128 e. The molecule has 0 bridgehead atoms. The molecule has 3 heteroatoms. The van der Waals surface area contributed by atoms with Gasteiger partial charge in [-0.15, -0.1) is 0 Å². The van der Waals surface area contributed by atoms with E-state index in [1.165, 1.54) is 5.56 Å². The molecule has 0 saturated heterocycles. The van der Waals surface area contributed by atoms with E-state index in [2.05, 4.69) is 32.2 Å². The third-order valence-electron chi connectivity index (χ3n) is 3.82. The lowest BCUT2D eigenvalue weighted by Crippen LogP contribution is -2.41. The SMILES string of the molecule is CCCC1(C)CC(NCC)c2ccc(OC)cc2O1. The highest BCUT2D eigenvalue weighted by Crippen LogP contribution is 2.42. The van der Waals surface area contributed by atoms with Crippen LogP contribution in [0.25, 0.3) is 0 Å². The minimum absolute atomic E-state index is 0.0824. The van der Waals surface area contributed by atoms with E-state index < -0.39 is 0 Å². The Kier molecular flexibility index (Phi) is 4.35. The van der Waals surface area contributed by atoms with Crippen LogP contribution in [0.15, 0.2) is 18.2 Å². The molecule has 0 radical (unpaired) electrons. The van der Waals surface area contributed by atoms with E-state index in [0.717, 1.165) is 37.3 Å². The van der Waals surface area contributed by atoms with Crippen molar-refractivity contribution in [2.24, 2.45) is 0 Å². The van der Waals surface area contributed by atoms with E-state index in [1.54, 1.807) is 7.11 Å². The number of ether oxygens (including phenoxy) is 2. The van der Waals surface area contributed by atoms with Crippen LogP contribution < -0.4 is 14.8 Å². The van der Waals surface area contributed by atoms with Gasteiger partial charge in [0.25, 0.3) is 0 Å². The molecule has 1 heterocycles. The van der Waals surface area contributed by atoms with Crippen molar-refractivity contribution >= 4 is 0 Å². The lowest BCUT2D eigenvalue weighted by molar-refractivity contribution is 0.0391. The zero-order valence-electron chi connectivity index (χ0n) is 12.5. The van der Waals surface area contributed by atoms with E-state index in [-0.39, 0.29) is 5.60 Å². The fourth-order valence-corrected chi connectivity index (χ4v) is 2.98. The Morgan fingerprint density at radius 2 is 2.21 bits per heavy atom. The van der Waals surface area contributed by atoms with Gasteiger partial charge in [0.15, 0.2) is 0 Å². The number of fused-ring (bicyclic) bond motifs is 1. The maximum atomic E-state index is 6.26. The summed E-state index contributed by atoms with van der Waals surface area (Å²) in [7, 11) is 1.69. The lowest BCUT2D eigenvalue weighted by Gasteiger charge is -2.40. The first-order chi connectivity index (χ1) is 9.11. The highest BCUT2D eigenvalue weighted by Gasteiger charge is 2.36. The molecule has 0 aliphatic carbocycles. The lowest BCUT2D eigenvalue weighted by atomic mass is 9.85. The zero-order valence-corrected chi connectivity index (χ0v) is 12.5. The molecule has 3 nitrogen and oxygen atoms in total. The van der Waals surface area contributed by atoms with Gasteiger partial charge in [-0.2, -0.15) is 0 Å². The predicted molar refractivity (Wildman–Crippen MR) is 78.0 cm³/mol. The summed E-state index contributed by atoms with van der Waals surface area (Å²) < 4.78 is 11.6. The molecular formula is C16H25NO2. The normalized spacial score (nSPS) is 25.6. The molecule has 0 spiro atoms. The van der Waals surface area contributed by atoms with E-state index in [9.17, 15) is 0 Å². The van der Waals surface area contributed by atoms with Crippen LogP contribution in [0.4, 0.5) is 0 Å². The average molecular weight is 263 g/mol. The molecule has 0 fully saturated rings. The summed E-state index contributed by atoms with van der Waals surface area (Å²) in [5.74, 6) is 1.82. The van der Waals surface area contributed by atoms with Gasteiger partial charge in [-0.25, -0.2) is 0 Å². The van der Waals surface area contributed by atoms with Crippen molar-refractivity contribution in [2.75, 3.05) is 13.7 Å². The van der Waals surface area contributed by atoms with Crippen LogP contribution in [0, 0.1) is 0 Å². The van der Waals surface area contributed by atoms with Crippen LogP contribution in [0.3, 0.4) is 0 Å². The van der Waals surface area contributed by atoms with Gasteiger partial charge in [0.1, 0.15) is 17.1 Å². The Bertz CT molecular complexity index is 433. The molecule has 2 atom stereocenters. The van der Waals surface area contributed by atoms with Gasteiger partial charge in [0, 0.05) is 24.1 Å². The molecule has 1 aromatic carbocycles. The summed E-state index contributed by atoms with van der Waals surface area (Å²) >= 11 is 0. The highest BCUT2D eigenvalue weighted by molar-refractivity contribution is 5.44. The second-order valence-corrected chi connectivity index (χ2v) is 5.52. The molecule has 1 aliphatic heterocycles. The minimum atomic E-state index is -0.0824. The summed E-state index contributed by atoms with van der Waals surface area (Å²) in [6.45, 7) is 7.54. The van der Waals surface area contributed by atoms with Gasteiger partial charge in [0.2, 0.25) is 0 Å². The summed E-state index contributed by atoms with van der Waals surface area (Å²) in [5, 5.41) is 3.57. The number of benzene rings is 1. The molecule has 2 unspecified atom stereocenters. The number of nitrogens with one attached hydrogen (secondary N) is 1. The van der Waals surface area contributed by atoms with E-state index in [0.29, 0.717) is 6.04 Å². The van der Waals surface area contributed by atoms with E-state index in [1.807, 2.05) is 12.1 Å². The Hall–Kier alpha value is -1.22. The predicted octanol–water partition coefficient (Wildman–Crippen LogP) is 3.69. The van der Waals surface area contributed by atoms with Gasteiger partial charge < -0.3 is 14.8 Å². The zero-order chi connectivity index (χ0) is 13.9. The summed E-state index contributed by atoms with van der Waals surface area (Å²) in [5.41, 5.74) is 1.16. The minimum Gasteiger partial charge on any atom is -0.497 e. The van der Waals surface area contributed by atoms with E-state index in [4.69, 9.17) is 9.47 Å². The summed E-state index contributed by atoms with van der Waals surface area (Å²) in [6.07, 6.45) is 3.23. The van der Waals surface area contributed by atoms with Crippen LogP contribution >= 0.6 is 0 Å². The smallest absolute Gasteiger partial charge is 0.128 e. The monoisotopic (exact) mass is 263 g/mol. The van der Waals surface area contributed by atoms with Gasteiger partial charge in [-0.05, 0) is 26.0 Å². The third-order valence-corrected chi connectivity index (χ3v) is 3.82. The standard InChI is InChI=1S/C16H25NO2/c1-5-9-16(3)11-14(17-6-2)13-8-7-12(18-4)10-15(13)19-16/h7-8,10,14,17H,5-6,9,11H2,1-4H3. The van der Waals surface area contributed by atoms with Crippen molar-refractivity contribution in [3.8, 4) is 11.5 Å². The average Bonchev–Trinajstić information content (AvgIpc) is 2.38. The largest absolute Gasteiger partial charge is 0.497 e. The van der Waals surface area contributed by atoms with Gasteiger partial charge >= 0.3 is 0 Å². The molecule has 1 aromatic rings. The molecular weight excluding hydrogens is 238 g/mol.